The number of nitrogens with zero attached hydrogens (tertiary/aromatic N) is 3. The van der Waals surface area contributed by atoms with Gasteiger partial charge in [-0.3, -0.25) is 0 Å². The minimum atomic E-state index is -0.217. The smallest absolute Gasteiger partial charge is 0.137 e. The van der Waals surface area contributed by atoms with E-state index >= 15 is 0 Å². The van der Waals surface area contributed by atoms with Gasteiger partial charge in [0.15, 0.2) is 0 Å². The number of hydrogen-bond donors (Lipinski definition) is 1. The highest BCUT2D eigenvalue weighted by Crippen LogP contribution is 2.24. The van der Waals surface area contributed by atoms with E-state index in [0.29, 0.717) is 6.54 Å². The van der Waals surface area contributed by atoms with Crippen LogP contribution >= 0.6 is 0 Å². The molecule has 0 aliphatic carbocycles. The van der Waals surface area contributed by atoms with Gasteiger partial charge in [-0.15, -0.1) is 0 Å². The van der Waals surface area contributed by atoms with Crippen molar-refractivity contribution in [2.24, 2.45) is 0 Å². The van der Waals surface area contributed by atoms with E-state index in [9.17, 15) is 4.39 Å². The number of aromatic nitrogens is 2. The second kappa shape index (κ2) is 6.32. The van der Waals surface area contributed by atoms with Crippen LogP contribution in [0.2, 0.25) is 0 Å². The molecule has 1 aromatic carbocycles. The van der Waals surface area contributed by atoms with Crippen LogP contribution in [-0.4, -0.2) is 24.1 Å². The van der Waals surface area contributed by atoms with Gasteiger partial charge in [-0.25, -0.2) is 14.4 Å². The topological polar surface area (TPSA) is 41.1 Å². The molecule has 106 valence electrons. The highest BCUT2D eigenvalue weighted by Gasteiger charge is 2.12. The summed E-state index contributed by atoms with van der Waals surface area (Å²) in [6.45, 7) is 2.75. The van der Waals surface area contributed by atoms with Crippen LogP contribution in [0.25, 0.3) is 0 Å². The molecule has 20 heavy (non-hydrogen) atoms. The van der Waals surface area contributed by atoms with Crippen LogP contribution in [0, 0.1) is 5.82 Å². The predicted molar refractivity (Wildman–Crippen MR) is 79.5 cm³/mol. The summed E-state index contributed by atoms with van der Waals surface area (Å²) in [5.41, 5.74) is 2.13. The third-order valence-corrected chi connectivity index (χ3v) is 3.21. The Bertz CT molecular complexity index is 569. The molecular formula is C15H19FN4. The monoisotopic (exact) mass is 274 g/mol. The van der Waals surface area contributed by atoms with Crippen LogP contribution in [0.3, 0.4) is 0 Å². The van der Waals surface area contributed by atoms with Crippen molar-refractivity contribution >= 4 is 11.6 Å². The third-order valence-electron chi connectivity index (χ3n) is 3.21. The van der Waals surface area contributed by atoms with Crippen LogP contribution in [0.1, 0.15) is 18.1 Å². The molecule has 1 heterocycles. The molecule has 0 saturated heterocycles. The molecule has 4 nitrogen and oxygen atoms in total. The Morgan fingerprint density at radius 2 is 1.90 bits per heavy atom. The molecule has 1 N–H and O–H groups in total. The summed E-state index contributed by atoms with van der Waals surface area (Å²) in [4.78, 5) is 10.7. The molecule has 0 unspecified atom stereocenters. The van der Waals surface area contributed by atoms with Crippen molar-refractivity contribution < 1.29 is 4.39 Å². The highest BCUT2D eigenvalue weighted by molar-refractivity contribution is 5.58. The third kappa shape index (κ3) is 3.04. The van der Waals surface area contributed by atoms with Gasteiger partial charge < -0.3 is 10.2 Å². The van der Waals surface area contributed by atoms with Gasteiger partial charge in [-0.05, 0) is 24.1 Å². The van der Waals surface area contributed by atoms with E-state index < -0.39 is 0 Å². The lowest BCUT2D eigenvalue weighted by molar-refractivity contribution is 0.627. The van der Waals surface area contributed by atoms with Crippen molar-refractivity contribution in [3.63, 3.8) is 0 Å². The normalized spacial score (nSPS) is 10.4. The summed E-state index contributed by atoms with van der Waals surface area (Å²) in [6.07, 6.45) is 2.40. The summed E-state index contributed by atoms with van der Waals surface area (Å²) in [7, 11) is 3.83. The maximum absolute atomic E-state index is 12.9. The molecule has 0 aliphatic rings. The first kappa shape index (κ1) is 14.2. The summed E-state index contributed by atoms with van der Waals surface area (Å²) in [5, 5.41) is 3.09. The summed E-state index contributed by atoms with van der Waals surface area (Å²) < 4.78 is 12.9. The summed E-state index contributed by atoms with van der Waals surface area (Å²) in [5.74, 6) is 1.53. The molecule has 0 bridgehead atoms. The lowest BCUT2D eigenvalue weighted by Gasteiger charge is -2.22. The molecule has 0 amide bonds. The fraction of sp³-hybridized carbons (Fsp3) is 0.333. The number of rotatable bonds is 5. The van der Waals surface area contributed by atoms with E-state index in [4.69, 9.17) is 0 Å². The van der Waals surface area contributed by atoms with Gasteiger partial charge >= 0.3 is 0 Å². The van der Waals surface area contributed by atoms with Crippen LogP contribution in [0.15, 0.2) is 30.6 Å². The first-order valence-corrected chi connectivity index (χ1v) is 6.63. The largest absolute Gasteiger partial charge is 0.373 e. The first-order chi connectivity index (χ1) is 9.65. The van der Waals surface area contributed by atoms with E-state index in [2.05, 4.69) is 27.1 Å². The first-order valence-electron chi connectivity index (χ1n) is 6.63. The van der Waals surface area contributed by atoms with Crippen molar-refractivity contribution in [1.29, 1.82) is 0 Å². The van der Waals surface area contributed by atoms with E-state index in [0.717, 1.165) is 29.2 Å². The van der Waals surface area contributed by atoms with Crippen molar-refractivity contribution in [1.82, 2.24) is 9.97 Å². The molecule has 0 saturated carbocycles. The molecule has 2 rings (SSSR count). The zero-order chi connectivity index (χ0) is 14.5. The van der Waals surface area contributed by atoms with E-state index in [1.54, 1.807) is 18.5 Å². The van der Waals surface area contributed by atoms with Gasteiger partial charge in [0.25, 0.3) is 0 Å². The van der Waals surface area contributed by atoms with Crippen LogP contribution in [0.5, 0.6) is 0 Å². The predicted octanol–water partition coefficient (Wildman–Crippen LogP) is 2.86. The van der Waals surface area contributed by atoms with Crippen molar-refractivity contribution in [3.8, 4) is 0 Å². The average molecular weight is 274 g/mol. The fourth-order valence-electron chi connectivity index (χ4n) is 2.21. The minimum absolute atomic E-state index is 0.217. The molecule has 5 heteroatoms. The Morgan fingerprint density at radius 1 is 1.20 bits per heavy atom. The summed E-state index contributed by atoms with van der Waals surface area (Å²) in [6, 6.07) is 6.53. The number of anilines is 2. The second-order valence-electron chi connectivity index (χ2n) is 4.61. The lowest BCUT2D eigenvalue weighted by atomic mass is 10.1. The number of halogens is 1. The van der Waals surface area contributed by atoms with E-state index in [-0.39, 0.29) is 5.82 Å². The summed E-state index contributed by atoms with van der Waals surface area (Å²) >= 11 is 0. The molecule has 0 fully saturated rings. The zero-order valence-corrected chi connectivity index (χ0v) is 12.0. The van der Waals surface area contributed by atoms with Crippen LogP contribution < -0.4 is 10.2 Å². The Balaban J connectivity index is 2.24. The number of nitrogens with one attached hydrogen (secondary N) is 1. The molecule has 0 radical (unpaired) electrons. The van der Waals surface area contributed by atoms with Crippen LogP contribution in [-0.2, 0) is 13.0 Å². The average Bonchev–Trinajstić information content (AvgIpc) is 2.48. The molecular weight excluding hydrogens is 255 g/mol. The van der Waals surface area contributed by atoms with Gasteiger partial charge in [-0.1, -0.05) is 19.1 Å². The van der Waals surface area contributed by atoms with Gasteiger partial charge in [0.1, 0.15) is 23.8 Å². The van der Waals surface area contributed by atoms with E-state index in [1.165, 1.54) is 12.1 Å². The maximum atomic E-state index is 12.9. The molecule has 1 aromatic heterocycles. The zero-order valence-electron chi connectivity index (χ0n) is 12.0. The van der Waals surface area contributed by atoms with Crippen molar-refractivity contribution in [2.75, 3.05) is 24.3 Å². The standard InChI is InChI=1S/C15H19FN4/c1-4-13-14(17-2)18-10-19-15(13)20(3)9-11-5-7-12(16)8-6-11/h5-8,10H,4,9H2,1-3H3,(H,17,18,19). The van der Waals surface area contributed by atoms with Crippen molar-refractivity contribution in [3.05, 3.63) is 47.5 Å². The van der Waals surface area contributed by atoms with Crippen molar-refractivity contribution in [2.45, 2.75) is 19.9 Å². The molecule has 2 aromatic rings. The number of hydrogen-bond acceptors (Lipinski definition) is 4. The highest BCUT2D eigenvalue weighted by atomic mass is 19.1. The molecule has 0 spiro atoms. The molecule has 0 aliphatic heterocycles. The quantitative estimate of drug-likeness (QED) is 0.910. The second-order valence-corrected chi connectivity index (χ2v) is 4.61. The number of benzene rings is 1. The SMILES string of the molecule is CCc1c(NC)ncnc1N(C)Cc1ccc(F)cc1. The Kier molecular flexibility index (Phi) is 4.50. The van der Waals surface area contributed by atoms with Gasteiger partial charge in [0.2, 0.25) is 0 Å². The minimum Gasteiger partial charge on any atom is -0.373 e. The Morgan fingerprint density at radius 3 is 2.50 bits per heavy atom. The Hall–Kier alpha value is -2.17. The van der Waals surface area contributed by atoms with Gasteiger partial charge in [-0.2, -0.15) is 0 Å². The Labute approximate surface area is 118 Å². The maximum Gasteiger partial charge on any atom is 0.137 e. The van der Waals surface area contributed by atoms with Gasteiger partial charge in [0.05, 0.1) is 0 Å². The van der Waals surface area contributed by atoms with Gasteiger partial charge in [0, 0.05) is 26.2 Å². The van der Waals surface area contributed by atoms with Crippen LogP contribution in [0.4, 0.5) is 16.0 Å². The fourth-order valence-corrected chi connectivity index (χ4v) is 2.21. The molecule has 0 atom stereocenters. The van der Waals surface area contributed by atoms with E-state index in [1.807, 2.05) is 14.1 Å². The lowest BCUT2D eigenvalue weighted by Crippen LogP contribution is -2.20.